The Morgan fingerprint density at radius 1 is 1.41 bits per heavy atom. The van der Waals surface area contributed by atoms with E-state index >= 15 is 0 Å². The van der Waals surface area contributed by atoms with E-state index in [1.54, 1.807) is 0 Å². The number of rotatable bonds is 7. The standard InChI is InChI=1S/C18H27NO3/c1-4-21-17-8-14-7-12(2)22-18(14)9-15(17)10-19(3)11-16(20)13-5-6-13/h8-9,12-13,16,20H,4-7,10-11H2,1-3H3. The summed E-state index contributed by atoms with van der Waals surface area (Å²) in [6.07, 6.45) is 3.33. The van der Waals surface area contributed by atoms with Crippen LogP contribution in [0.5, 0.6) is 11.5 Å². The highest BCUT2D eigenvalue weighted by molar-refractivity contribution is 5.48. The Morgan fingerprint density at radius 2 is 2.18 bits per heavy atom. The number of benzene rings is 1. The van der Waals surface area contributed by atoms with Crippen molar-refractivity contribution >= 4 is 0 Å². The fraction of sp³-hybridized carbons (Fsp3) is 0.667. The van der Waals surface area contributed by atoms with Gasteiger partial charge in [0, 0.05) is 30.6 Å². The Morgan fingerprint density at radius 3 is 2.86 bits per heavy atom. The molecule has 0 spiro atoms. The van der Waals surface area contributed by atoms with Crippen LogP contribution in [0.4, 0.5) is 0 Å². The molecule has 4 nitrogen and oxygen atoms in total. The highest BCUT2D eigenvalue weighted by Gasteiger charge is 2.30. The molecule has 4 heteroatoms. The first-order chi connectivity index (χ1) is 10.6. The normalized spacial score (nSPS) is 21.6. The van der Waals surface area contributed by atoms with Gasteiger partial charge in [0.25, 0.3) is 0 Å². The minimum atomic E-state index is -0.203. The Hall–Kier alpha value is -1.26. The summed E-state index contributed by atoms with van der Waals surface area (Å²) >= 11 is 0. The van der Waals surface area contributed by atoms with Crippen molar-refractivity contribution in [1.29, 1.82) is 0 Å². The van der Waals surface area contributed by atoms with Crippen molar-refractivity contribution in [2.45, 2.75) is 51.9 Å². The minimum Gasteiger partial charge on any atom is -0.494 e. The van der Waals surface area contributed by atoms with Crippen LogP contribution in [-0.2, 0) is 13.0 Å². The molecule has 1 saturated carbocycles. The van der Waals surface area contributed by atoms with Crippen molar-refractivity contribution in [1.82, 2.24) is 4.90 Å². The number of aliphatic hydroxyl groups is 1. The first-order valence-electron chi connectivity index (χ1n) is 8.38. The van der Waals surface area contributed by atoms with Crippen LogP contribution in [-0.4, -0.2) is 42.4 Å². The average Bonchev–Trinajstić information content (AvgIpc) is 3.23. The van der Waals surface area contributed by atoms with Gasteiger partial charge in [0.2, 0.25) is 0 Å². The van der Waals surface area contributed by atoms with E-state index in [-0.39, 0.29) is 12.2 Å². The lowest BCUT2D eigenvalue weighted by Crippen LogP contribution is -2.30. The summed E-state index contributed by atoms with van der Waals surface area (Å²) in [6, 6.07) is 4.24. The van der Waals surface area contributed by atoms with Gasteiger partial charge in [-0.15, -0.1) is 0 Å². The Balaban J connectivity index is 1.72. The van der Waals surface area contributed by atoms with Gasteiger partial charge in [0.15, 0.2) is 0 Å². The third kappa shape index (κ3) is 3.55. The maximum atomic E-state index is 10.1. The lowest BCUT2D eigenvalue weighted by molar-refractivity contribution is 0.104. The highest BCUT2D eigenvalue weighted by Crippen LogP contribution is 2.36. The second kappa shape index (κ2) is 6.47. The number of ether oxygens (including phenoxy) is 2. The van der Waals surface area contributed by atoms with E-state index in [4.69, 9.17) is 9.47 Å². The molecule has 1 aromatic carbocycles. The van der Waals surface area contributed by atoms with Crippen LogP contribution in [0.15, 0.2) is 12.1 Å². The Labute approximate surface area is 133 Å². The Kier molecular flexibility index (Phi) is 4.59. The van der Waals surface area contributed by atoms with E-state index in [0.29, 0.717) is 19.1 Å². The predicted molar refractivity (Wildman–Crippen MR) is 86.5 cm³/mol. The summed E-state index contributed by atoms with van der Waals surface area (Å²) in [5.41, 5.74) is 2.38. The van der Waals surface area contributed by atoms with Crippen LogP contribution in [0.2, 0.25) is 0 Å². The van der Waals surface area contributed by atoms with E-state index < -0.39 is 0 Å². The molecular formula is C18H27NO3. The molecule has 1 heterocycles. The molecule has 22 heavy (non-hydrogen) atoms. The summed E-state index contributed by atoms with van der Waals surface area (Å²) in [5, 5.41) is 10.1. The van der Waals surface area contributed by atoms with Gasteiger partial charge in [-0.1, -0.05) is 0 Å². The molecule has 122 valence electrons. The molecule has 2 unspecified atom stereocenters. The van der Waals surface area contributed by atoms with Gasteiger partial charge in [0.05, 0.1) is 12.7 Å². The van der Waals surface area contributed by atoms with Gasteiger partial charge in [-0.2, -0.15) is 0 Å². The Bertz CT molecular complexity index is 527. The second-order valence-electron chi connectivity index (χ2n) is 6.73. The second-order valence-corrected chi connectivity index (χ2v) is 6.73. The zero-order valence-corrected chi connectivity index (χ0v) is 13.8. The van der Waals surface area contributed by atoms with Gasteiger partial charge in [-0.3, -0.25) is 4.90 Å². The molecule has 1 aliphatic carbocycles. The first-order valence-corrected chi connectivity index (χ1v) is 8.38. The fourth-order valence-electron chi connectivity index (χ4n) is 3.20. The number of hydrogen-bond donors (Lipinski definition) is 1. The van der Waals surface area contributed by atoms with Crippen molar-refractivity contribution in [3.63, 3.8) is 0 Å². The topological polar surface area (TPSA) is 41.9 Å². The number of fused-ring (bicyclic) bond motifs is 1. The van der Waals surface area contributed by atoms with Crippen molar-refractivity contribution in [3.8, 4) is 11.5 Å². The molecule has 1 aliphatic heterocycles. The summed E-state index contributed by atoms with van der Waals surface area (Å²) in [6.45, 7) is 6.25. The molecule has 0 aromatic heterocycles. The summed E-state index contributed by atoms with van der Waals surface area (Å²) in [7, 11) is 2.05. The molecule has 2 atom stereocenters. The summed E-state index contributed by atoms with van der Waals surface area (Å²) in [5.74, 6) is 2.45. The molecule has 0 bridgehead atoms. The quantitative estimate of drug-likeness (QED) is 0.841. The number of hydrogen-bond acceptors (Lipinski definition) is 4. The van der Waals surface area contributed by atoms with Crippen molar-refractivity contribution in [3.05, 3.63) is 23.3 Å². The predicted octanol–water partition coefficient (Wildman–Crippen LogP) is 2.61. The number of likely N-dealkylation sites (N-methyl/N-ethyl adjacent to an activating group) is 1. The number of aliphatic hydroxyl groups excluding tert-OH is 1. The van der Waals surface area contributed by atoms with E-state index in [1.807, 2.05) is 6.92 Å². The number of nitrogens with zero attached hydrogens (tertiary/aromatic N) is 1. The third-order valence-electron chi connectivity index (χ3n) is 4.48. The molecule has 1 N–H and O–H groups in total. The van der Waals surface area contributed by atoms with Gasteiger partial charge < -0.3 is 14.6 Å². The maximum Gasteiger partial charge on any atom is 0.124 e. The van der Waals surface area contributed by atoms with E-state index in [2.05, 4.69) is 31.0 Å². The summed E-state index contributed by atoms with van der Waals surface area (Å²) in [4.78, 5) is 2.17. The molecule has 3 rings (SSSR count). The van der Waals surface area contributed by atoms with Crippen LogP contribution in [0.3, 0.4) is 0 Å². The molecule has 0 amide bonds. The maximum absolute atomic E-state index is 10.1. The zero-order chi connectivity index (χ0) is 15.7. The van der Waals surface area contributed by atoms with Gasteiger partial charge in [-0.05, 0) is 51.8 Å². The molecule has 1 fully saturated rings. The minimum absolute atomic E-state index is 0.203. The molecule has 2 aliphatic rings. The van der Waals surface area contributed by atoms with Gasteiger partial charge in [0.1, 0.15) is 17.6 Å². The molecule has 1 aromatic rings. The van der Waals surface area contributed by atoms with E-state index in [1.165, 1.54) is 18.4 Å². The summed E-state index contributed by atoms with van der Waals surface area (Å²) < 4.78 is 11.7. The van der Waals surface area contributed by atoms with Crippen LogP contribution in [0.25, 0.3) is 0 Å². The van der Waals surface area contributed by atoms with Crippen LogP contribution < -0.4 is 9.47 Å². The van der Waals surface area contributed by atoms with Crippen LogP contribution in [0, 0.1) is 5.92 Å². The monoisotopic (exact) mass is 305 g/mol. The fourth-order valence-corrected chi connectivity index (χ4v) is 3.20. The van der Waals surface area contributed by atoms with Gasteiger partial charge in [-0.25, -0.2) is 0 Å². The SMILES string of the molecule is CCOc1cc2c(cc1CN(C)CC(O)C1CC1)OC(C)C2. The third-order valence-corrected chi connectivity index (χ3v) is 4.48. The highest BCUT2D eigenvalue weighted by atomic mass is 16.5. The van der Waals surface area contributed by atoms with Crippen LogP contribution >= 0.6 is 0 Å². The lowest BCUT2D eigenvalue weighted by Gasteiger charge is -2.22. The van der Waals surface area contributed by atoms with E-state index in [9.17, 15) is 5.11 Å². The van der Waals surface area contributed by atoms with Crippen molar-refractivity contribution < 1.29 is 14.6 Å². The van der Waals surface area contributed by atoms with Crippen LogP contribution in [0.1, 0.15) is 37.8 Å². The molecular weight excluding hydrogens is 278 g/mol. The lowest BCUT2D eigenvalue weighted by atomic mass is 10.1. The molecule has 0 saturated heterocycles. The largest absolute Gasteiger partial charge is 0.494 e. The van der Waals surface area contributed by atoms with Crippen molar-refractivity contribution in [2.24, 2.45) is 5.92 Å². The van der Waals surface area contributed by atoms with Gasteiger partial charge >= 0.3 is 0 Å². The molecule has 0 radical (unpaired) electrons. The first kappa shape index (κ1) is 15.6. The zero-order valence-electron chi connectivity index (χ0n) is 13.8. The van der Waals surface area contributed by atoms with E-state index in [0.717, 1.165) is 30.0 Å². The smallest absolute Gasteiger partial charge is 0.124 e. The van der Waals surface area contributed by atoms with Crippen molar-refractivity contribution in [2.75, 3.05) is 20.2 Å². The average molecular weight is 305 g/mol.